The molecule has 2 fully saturated rings. The maximum absolute atomic E-state index is 14.6. The number of carbonyl (C=O) groups is 1. The molecule has 1 saturated carbocycles. The molecule has 0 atom stereocenters. The average Bonchev–Trinajstić information content (AvgIpc) is 2.81. The van der Waals surface area contributed by atoms with E-state index in [1.54, 1.807) is 6.07 Å². The summed E-state index contributed by atoms with van der Waals surface area (Å²) in [4.78, 5) is 14.4. The number of β-amino-alcohol motifs (C(OH)–C–C–N with tert-alkyl or cyclic N) is 1. The Morgan fingerprint density at radius 1 is 1.06 bits per heavy atom. The number of anilines is 2. The normalized spacial score (nSPS) is 18.9. The summed E-state index contributed by atoms with van der Waals surface area (Å²) in [5, 5.41) is 26.5. The second-order valence-corrected chi connectivity index (χ2v) is 10.5. The number of amides is 1. The molecule has 4 rings (SSSR count). The molecule has 0 radical (unpaired) electrons. The molecule has 0 aromatic heterocycles. The predicted molar refractivity (Wildman–Crippen MR) is 131 cm³/mol. The Bertz CT molecular complexity index is 1070. The van der Waals surface area contributed by atoms with Crippen molar-refractivity contribution in [2.24, 2.45) is 0 Å². The van der Waals surface area contributed by atoms with E-state index < -0.39 is 40.2 Å². The van der Waals surface area contributed by atoms with Crippen LogP contribution in [0.3, 0.4) is 0 Å². The number of aliphatic hydroxyl groups is 2. The molecule has 2 aliphatic rings. The van der Waals surface area contributed by atoms with E-state index in [1.165, 1.54) is 17.0 Å². The van der Waals surface area contributed by atoms with E-state index in [1.807, 2.05) is 22.6 Å². The van der Waals surface area contributed by atoms with Gasteiger partial charge >= 0.3 is 0 Å². The number of nitrogens with one attached hydrogen (secondary N) is 2. The number of hydrogen-bond donors (Lipinski definition) is 4. The molecule has 0 spiro atoms. The van der Waals surface area contributed by atoms with Crippen LogP contribution in [0.2, 0.25) is 0 Å². The fourth-order valence-electron chi connectivity index (χ4n) is 4.64. The van der Waals surface area contributed by atoms with E-state index in [0.29, 0.717) is 3.57 Å². The van der Waals surface area contributed by atoms with Gasteiger partial charge in [-0.3, -0.25) is 4.79 Å². The molecule has 2 aromatic carbocycles. The van der Waals surface area contributed by atoms with Gasteiger partial charge in [0.2, 0.25) is 0 Å². The summed E-state index contributed by atoms with van der Waals surface area (Å²) >= 11 is 1.93. The van der Waals surface area contributed by atoms with Crippen molar-refractivity contribution in [1.82, 2.24) is 10.2 Å². The van der Waals surface area contributed by atoms with E-state index >= 15 is 0 Å². The first kappa shape index (κ1) is 25.2. The zero-order chi connectivity index (χ0) is 24.5. The first-order valence-corrected chi connectivity index (χ1v) is 12.3. The van der Waals surface area contributed by atoms with Crippen molar-refractivity contribution >= 4 is 39.9 Å². The minimum Gasteiger partial charge on any atom is -0.394 e. The van der Waals surface area contributed by atoms with Crippen molar-refractivity contribution < 1.29 is 28.2 Å². The van der Waals surface area contributed by atoms with Crippen LogP contribution in [0.4, 0.5) is 24.5 Å². The van der Waals surface area contributed by atoms with Gasteiger partial charge in [0.15, 0.2) is 11.6 Å². The number of carbonyl (C=O) groups excluding carboxylic acids is 1. The Kier molecular flexibility index (Phi) is 7.41. The zero-order valence-corrected chi connectivity index (χ0v) is 20.7. The summed E-state index contributed by atoms with van der Waals surface area (Å²) < 4.78 is 43.5. The molecule has 1 saturated heterocycles. The molecule has 1 heterocycles. The average molecular weight is 589 g/mol. The van der Waals surface area contributed by atoms with Crippen LogP contribution in [0.1, 0.15) is 42.5 Å². The SMILES string of the molecule is O=C(c1ccc(F)c(F)c1Nc1ccc(I)cc1F)N1CC(O)(CNC2(CO)CCCCC2)C1. The van der Waals surface area contributed by atoms with E-state index in [0.717, 1.165) is 44.2 Å². The first-order chi connectivity index (χ1) is 16.2. The van der Waals surface area contributed by atoms with E-state index in [4.69, 9.17) is 0 Å². The standard InChI is InChI=1S/C24H27F3IN3O3/c25-17-6-5-16(21(20(17)27)30-19-7-4-15(28)10-18(19)26)22(33)31-12-24(34,13-31)11-29-23(14-32)8-2-1-3-9-23/h4-7,10,29-30,32,34H,1-3,8-9,11-14H2. The number of halogens is 4. The van der Waals surface area contributed by atoms with Gasteiger partial charge < -0.3 is 25.7 Å². The number of nitrogens with zero attached hydrogens (tertiary/aromatic N) is 1. The summed E-state index contributed by atoms with van der Waals surface area (Å²) in [5.41, 5.74) is -2.33. The number of benzene rings is 2. The van der Waals surface area contributed by atoms with Crippen LogP contribution in [-0.2, 0) is 0 Å². The summed E-state index contributed by atoms with van der Waals surface area (Å²) in [7, 11) is 0. The lowest BCUT2D eigenvalue weighted by Crippen LogP contribution is -2.69. The fourth-order valence-corrected chi connectivity index (χ4v) is 5.09. The van der Waals surface area contributed by atoms with Crippen LogP contribution >= 0.6 is 22.6 Å². The van der Waals surface area contributed by atoms with E-state index in [-0.39, 0.29) is 37.5 Å². The first-order valence-electron chi connectivity index (χ1n) is 11.2. The van der Waals surface area contributed by atoms with Crippen molar-refractivity contribution in [3.05, 3.63) is 56.9 Å². The molecule has 184 valence electrons. The highest BCUT2D eigenvalue weighted by molar-refractivity contribution is 14.1. The Balaban J connectivity index is 1.47. The van der Waals surface area contributed by atoms with Crippen molar-refractivity contribution in [2.45, 2.75) is 43.2 Å². The smallest absolute Gasteiger partial charge is 0.256 e. The van der Waals surface area contributed by atoms with Gasteiger partial charge in [0.05, 0.1) is 36.6 Å². The van der Waals surface area contributed by atoms with Crippen molar-refractivity contribution in [3.63, 3.8) is 0 Å². The van der Waals surface area contributed by atoms with Gasteiger partial charge in [0.1, 0.15) is 11.4 Å². The molecular weight excluding hydrogens is 562 g/mol. The lowest BCUT2D eigenvalue weighted by molar-refractivity contribution is -0.0848. The topological polar surface area (TPSA) is 84.8 Å². The highest BCUT2D eigenvalue weighted by Gasteiger charge is 2.46. The second-order valence-electron chi connectivity index (χ2n) is 9.27. The van der Waals surface area contributed by atoms with Gasteiger partial charge in [-0.2, -0.15) is 0 Å². The highest BCUT2D eigenvalue weighted by Crippen LogP contribution is 2.33. The van der Waals surface area contributed by atoms with Crippen LogP contribution < -0.4 is 10.6 Å². The Hall–Kier alpha value is -1.89. The summed E-state index contributed by atoms with van der Waals surface area (Å²) in [5.74, 6) is -3.73. The zero-order valence-electron chi connectivity index (χ0n) is 18.5. The summed E-state index contributed by atoms with van der Waals surface area (Å²) in [6, 6.07) is 6.20. The maximum atomic E-state index is 14.6. The van der Waals surface area contributed by atoms with Crippen LogP contribution in [0.5, 0.6) is 0 Å². The van der Waals surface area contributed by atoms with Gasteiger partial charge in [0, 0.05) is 15.7 Å². The molecule has 1 aliphatic carbocycles. The van der Waals surface area contributed by atoms with E-state index in [9.17, 15) is 28.2 Å². The third-order valence-corrected chi connectivity index (χ3v) is 7.35. The van der Waals surface area contributed by atoms with Gasteiger partial charge in [-0.05, 0) is 65.8 Å². The van der Waals surface area contributed by atoms with Gasteiger partial charge in [0.25, 0.3) is 5.91 Å². The van der Waals surface area contributed by atoms with Crippen LogP contribution in [0, 0.1) is 21.0 Å². The van der Waals surface area contributed by atoms with Crippen LogP contribution in [-0.4, -0.2) is 58.4 Å². The Morgan fingerprint density at radius 3 is 2.41 bits per heavy atom. The Morgan fingerprint density at radius 2 is 1.76 bits per heavy atom. The molecular formula is C24H27F3IN3O3. The molecule has 4 N–H and O–H groups in total. The fraction of sp³-hybridized carbons (Fsp3) is 0.458. The van der Waals surface area contributed by atoms with Crippen LogP contribution in [0.25, 0.3) is 0 Å². The summed E-state index contributed by atoms with van der Waals surface area (Å²) in [6.07, 6.45) is 4.77. The third-order valence-electron chi connectivity index (χ3n) is 6.68. The Labute approximate surface area is 209 Å². The van der Waals surface area contributed by atoms with Gasteiger partial charge in [-0.15, -0.1) is 0 Å². The van der Waals surface area contributed by atoms with Gasteiger partial charge in [-0.25, -0.2) is 13.2 Å². The maximum Gasteiger partial charge on any atom is 0.256 e. The van der Waals surface area contributed by atoms with Crippen molar-refractivity contribution in [2.75, 3.05) is 31.6 Å². The van der Waals surface area contributed by atoms with Gasteiger partial charge in [-0.1, -0.05) is 19.3 Å². The molecule has 34 heavy (non-hydrogen) atoms. The molecule has 0 bridgehead atoms. The van der Waals surface area contributed by atoms with E-state index in [2.05, 4.69) is 10.6 Å². The quantitative estimate of drug-likeness (QED) is 0.368. The number of aliphatic hydroxyl groups excluding tert-OH is 1. The minimum atomic E-state index is -1.29. The molecule has 6 nitrogen and oxygen atoms in total. The molecule has 10 heteroatoms. The molecule has 1 aliphatic heterocycles. The number of hydrogen-bond acceptors (Lipinski definition) is 5. The lowest BCUT2D eigenvalue weighted by Gasteiger charge is -2.49. The van der Waals surface area contributed by atoms with Crippen molar-refractivity contribution in [1.29, 1.82) is 0 Å². The predicted octanol–water partition coefficient (Wildman–Crippen LogP) is 3.92. The number of rotatable bonds is 7. The molecule has 1 amide bonds. The highest BCUT2D eigenvalue weighted by atomic mass is 127. The minimum absolute atomic E-state index is 0.00330. The monoisotopic (exact) mass is 589 g/mol. The van der Waals surface area contributed by atoms with Crippen LogP contribution in [0.15, 0.2) is 30.3 Å². The number of likely N-dealkylation sites (tertiary alicyclic amines) is 1. The molecule has 2 aromatic rings. The largest absolute Gasteiger partial charge is 0.394 e. The summed E-state index contributed by atoms with van der Waals surface area (Å²) in [6.45, 7) is 0.173. The molecule has 0 unspecified atom stereocenters. The lowest BCUT2D eigenvalue weighted by atomic mass is 9.81. The second kappa shape index (κ2) is 10.00. The van der Waals surface area contributed by atoms with Crippen molar-refractivity contribution in [3.8, 4) is 0 Å². The third kappa shape index (κ3) is 5.19.